The molecule has 0 saturated carbocycles. The summed E-state index contributed by atoms with van der Waals surface area (Å²) in [5.41, 5.74) is 4.66. The van der Waals surface area contributed by atoms with Gasteiger partial charge in [0.2, 0.25) is 0 Å². The first-order chi connectivity index (χ1) is 14.7. The Morgan fingerprint density at radius 1 is 0.677 bits per heavy atom. The molecule has 0 N–H and O–H groups in total. The molecular weight excluding hydrogens is 414 g/mol. The molecule has 1 heterocycles. The van der Waals surface area contributed by atoms with E-state index in [0.29, 0.717) is 0 Å². The standard InChI is InChI=1S/C26H26F2N2.ClH/c27-20-8-6-19(7-9-20)23-12-13-26(25-18-21(28)10-11-24(23)25)30-16-14-29(15-17-30)22-4-2-1-3-5-22;/h1-11,18,23,26H,12-17H2;1H. The predicted octanol–water partition coefficient (Wildman–Crippen LogP) is 6.18. The lowest BCUT2D eigenvalue weighted by atomic mass is 9.76. The molecule has 0 amide bonds. The van der Waals surface area contributed by atoms with Crippen LogP contribution in [0, 0.1) is 11.6 Å². The highest BCUT2D eigenvalue weighted by molar-refractivity contribution is 5.85. The van der Waals surface area contributed by atoms with Crippen molar-refractivity contribution in [2.45, 2.75) is 24.8 Å². The fraction of sp³-hybridized carbons (Fsp3) is 0.308. The van der Waals surface area contributed by atoms with Gasteiger partial charge < -0.3 is 4.90 Å². The summed E-state index contributed by atoms with van der Waals surface area (Å²) in [4.78, 5) is 4.94. The Morgan fingerprint density at radius 2 is 1.35 bits per heavy atom. The second-order valence-electron chi connectivity index (χ2n) is 8.33. The molecule has 162 valence electrons. The minimum Gasteiger partial charge on any atom is -0.369 e. The molecule has 0 spiro atoms. The van der Waals surface area contributed by atoms with Crippen molar-refractivity contribution in [1.29, 1.82) is 0 Å². The van der Waals surface area contributed by atoms with Crippen LogP contribution in [0.3, 0.4) is 0 Å². The predicted molar refractivity (Wildman–Crippen MR) is 124 cm³/mol. The van der Waals surface area contributed by atoms with E-state index in [1.807, 2.05) is 24.3 Å². The Bertz CT molecular complexity index is 1000. The fourth-order valence-electron chi connectivity index (χ4n) is 5.14. The van der Waals surface area contributed by atoms with Crippen LogP contribution in [0.2, 0.25) is 0 Å². The van der Waals surface area contributed by atoms with Crippen molar-refractivity contribution in [3.8, 4) is 0 Å². The largest absolute Gasteiger partial charge is 0.369 e. The minimum absolute atomic E-state index is 0. The van der Waals surface area contributed by atoms with Gasteiger partial charge in [-0.3, -0.25) is 4.90 Å². The lowest BCUT2D eigenvalue weighted by molar-refractivity contribution is 0.166. The second-order valence-corrected chi connectivity index (χ2v) is 8.33. The Balaban J connectivity index is 0.00000231. The molecule has 31 heavy (non-hydrogen) atoms. The number of anilines is 1. The second kappa shape index (κ2) is 9.37. The van der Waals surface area contributed by atoms with Gasteiger partial charge in [0.1, 0.15) is 11.6 Å². The van der Waals surface area contributed by atoms with Crippen molar-refractivity contribution in [3.63, 3.8) is 0 Å². The average molecular weight is 441 g/mol. The maximum Gasteiger partial charge on any atom is 0.123 e. The van der Waals surface area contributed by atoms with Crippen molar-refractivity contribution in [2.24, 2.45) is 0 Å². The quantitative estimate of drug-likeness (QED) is 0.480. The Kier molecular flexibility index (Phi) is 6.59. The number of fused-ring (bicyclic) bond motifs is 1. The lowest BCUT2D eigenvalue weighted by Gasteiger charge is -2.43. The monoisotopic (exact) mass is 440 g/mol. The van der Waals surface area contributed by atoms with E-state index < -0.39 is 0 Å². The molecule has 0 radical (unpaired) electrons. The van der Waals surface area contributed by atoms with E-state index in [1.54, 1.807) is 12.1 Å². The number of para-hydroxylation sites is 1. The number of nitrogens with zero attached hydrogens (tertiary/aromatic N) is 2. The van der Waals surface area contributed by atoms with Gasteiger partial charge in [-0.25, -0.2) is 8.78 Å². The molecule has 2 aliphatic rings. The van der Waals surface area contributed by atoms with Crippen molar-refractivity contribution >= 4 is 18.1 Å². The third-order valence-electron chi connectivity index (χ3n) is 6.66. The molecule has 2 nitrogen and oxygen atoms in total. The summed E-state index contributed by atoms with van der Waals surface area (Å²) in [7, 11) is 0. The summed E-state index contributed by atoms with van der Waals surface area (Å²) < 4.78 is 27.6. The fourth-order valence-corrected chi connectivity index (χ4v) is 5.14. The molecule has 0 bridgehead atoms. The first-order valence-corrected chi connectivity index (χ1v) is 10.8. The summed E-state index contributed by atoms with van der Waals surface area (Å²) >= 11 is 0. The Morgan fingerprint density at radius 3 is 2.06 bits per heavy atom. The van der Waals surface area contributed by atoms with E-state index in [-0.39, 0.29) is 36.0 Å². The van der Waals surface area contributed by atoms with Crippen molar-refractivity contribution in [1.82, 2.24) is 4.90 Å². The maximum atomic E-state index is 14.2. The van der Waals surface area contributed by atoms with Crippen molar-refractivity contribution < 1.29 is 8.78 Å². The molecule has 1 fully saturated rings. The van der Waals surface area contributed by atoms with Crippen LogP contribution in [0.4, 0.5) is 14.5 Å². The topological polar surface area (TPSA) is 6.48 Å². The molecule has 3 aromatic carbocycles. The molecule has 2 unspecified atom stereocenters. The third-order valence-corrected chi connectivity index (χ3v) is 6.66. The summed E-state index contributed by atoms with van der Waals surface area (Å²) in [6.45, 7) is 3.90. The van der Waals surface area contributed by atoms with Crippen LogP contribution in [-0.2, 0) is 0 Å². The summed E-state index contributed by atoms with van der Waals surface area (Å²) in [5, 5.41) is 0. The third kappa shape index (κ3) is 4.46. The summed E-state index contributed by atoms with van der Waals surface area (Å²) in [5.74, 6) is -0.201. The van der Waals surface area contributed by atoms with Crippen LogP contribution in [0.5, 0.6) is 0 Å². The van der Waals surface area contributed by atoms with Gasteiger partial charge in [-0.1, -0.05) is 36.4 Å². The van der Waals surface area contributed by atoms with Gasteiger partial charge in [-0.2, -0.15) is 0 Å². The molecule has 2 atom stereocenters. The maximum absolute atomic E-state index is 14.2. The smallest absolute Gasteiger partial charge is 0.123 e. The normalized spacial score (nSPS) is 21.3. The SMILES string of the molecule is Cl.Fc1ccc(C2CCC(N3CCN(c4ccccc4)CC3)c3cc(F)ccc32)cc1. The summed E-state index contributed by atoms with van der Waals surface area (Å²) in [6, 6.07) is 22.8. The minimum atomic E-state index is -0.219. The number of piperazine rings is 1. The van der Waals surface area contributed by atoms with Gasteiger partial charge in [0.25, 0.3) is 0 Å². The van der Waals surface area contributed by atoms with E-state index in [0.717, 1.165) is 50.1 Å². The molecular formula is C26H27ClF2N2. The van der Waals surface area contributed by atoms with Crippen molar-refractivity contribution in [2.75, 3.05) is 31.1 Å². The highest BCUT2D eigenvalue weighted by atomic mass is 35.5. The summed E-state index contributed by atoms with van der Waals surface area (Å²) in [6.07, 6.45) is 1.98. The van der Waals surface area contributed by atoms with Gasteiger partial charge in [0, 0.05) is 43.8 Å². The van der Waals surface area contributed by atoms with Crippen molar-refractivity contribution in [3.05, 3.63) is 101 Å². The molecule has 0 aromatic heterocycles. The number of rotatable bonds is 3. The van der Waals surface area contributed by atoms with Crippen LogP contribution in [0.15, 0.2) is 72.8 Å². The molecule has 1 aliphatic carbocycles. The highest BCUT2D eigenvalue weighted by Crippen LogP contribution is 2.44. The molecule has 5 heteroatoms. The van der Waals surface area contributed by atoms with Crippen LogP contribution in [0.25, 0.3) is 0 Å². The lowest BCUT2D eigenvalue weighted by Crippen LogP contribution is -2.48. The van der Waals surface area contributed by atoms with Crippen LogP contribution < -0.4 is 4.90 Å². The van der Waals surface area contributed by atoms with Gasteiger partial charge >= 0.3 is 0 Å². The zero-order valence-corrected chi connectivity index (χ0v) is 18.2. The Labute approximate surface area is 188 Å². The molecule has 5 rings (SSSR count). The Hall–Kier alpha value is -2.43. The van der Waals surface area contributed by atoms with Crippen LogP contribution >= 0.6 is 12.4 Å². The van der Waals surface area contributed by atoms with Gasteiger partial charge in [0.05, 0.1) is 0 Å². The number of halogens is 3. The number of benzene rings is 3. The molecule has 3 aromatic rings. The number of hydrogen-bond acceptors (Lipinski definition) is 2. The molecule has 1 saturated heterocycles. The van der Waals surface area contributed by atoms with E-state index >= 15 is 0 Å². The zero-order valence-electron chi connectivity index (χ0n) is 17.4. The van der Waals surface area contributed by atoms with Crippen LogP contribution in [-0.4, -0.2) is 31.1 Å². The van der Waals surface area contributed by atoms with E-state index in [9.17, 15) is 8.78 Å². The van der Waals surface area contributed by atoms with Gasteiger partial charge in [-0.05, 0) is 65.9 Å². The van der Waals surface area contributed by atoms with E-state index in [4.69, 9.17) is 0 Å². The van der Waals surface area contributed by atoms with E-state index in [2.05, 4.69) is 34.1 Å². The highest BCUT2D eigenvalue weighted by Gasteiger charge is 2.33. The van der Waals surface area contributed by atoms with Gasteiger partial charge in [0.15, 0.2) is 0 Å². The zero-order chi connectivity index (χ0) is 20.5. The number of hydrogen-bond donors (Lipinski definition) is 0. The first kappa shape index (κ1) is 21.8. The first-order valence-electron chi connectivity index (χ1n) is 10.8. The van der Waals surface area contributed by atoms with E-state index in [1.165, 1.54) is 23.4 Å². The molecule has 1 aliphatic heterocycles. The van der Waals surface area contributed by atoms with Gasteiger partial charge in [-0.15, -0.1) is 12.4 Å². The van der Waals surface area contributed by atoms with Crippen LogP contribution in [0.1, 0.15) is 41.5 Å². The average Bonchev–Trinajstić information content (AvgIpc) is 2.80.